The van der Waals surface area contributed by atoms with Crippen molar-refractivity contribution in [2.75, 3.05) is 39.4 Å². The summed E-state index contributed by atoms with van der Waals surface area (Å²) in [5, 5.41) is 0. The maximum absolute atomic E-state index is 13.7. The summed E-state index contributed by atoms with van der Waals surface area (Å²) in [6.45, 7) is 2.22. The lowest BCUT2D eigenvalue weighted by atomic mass is 10.2. The smallest absolute Gasteiger partial charge is 0.142 e. The van der Waals surface area contributed by atoms with E-state index in [4.69, 9.17) is 25.8 Å². The van der Waals surface area contributed by atoms with Crippen LogP contribution in [0.1, 0.15) is 18.4 Å². The molecule has 0 amide bonds. The lowest BCUT2D eigenvalue weighted by Crippen LogP contribution is -2.06. The molecule has 0 bridgehead atoms. The van der Waals surface area contributed by atoms with Gasteiger partial charge in [0.1, 0.15) is 11.6 Å². The Morgan fingerprint density at radius 2 is 2.05 bits per heavy atom. The number of ether oxygens (including phenoxy) is 3. The Labute approximate surface area is 130 Å². The monoisotopic (exact) mass is 314 g/mol. The molecular weight excluding hydrogens is 295 g/mol. The van der Waals surface area contributed by atoms with E-state index < -0.39 is 0 Å². The summed E-state index contributed by atoms with van der Waals surface area (Å²) in [6.07, 6.45) is 1.28. The number of hydrogen-bond acceptors (Lipinski definition) is 3. The SMILES string of the molecule is COCCOCCCOc1ccc(C#CCCCl)c(F)c1. The van der Waals surface area contributed by atoms with Gasteiger partial charge in [0.15, 0.2) is 0 Å². The van der Waals surface area contributed by atoms with Crippen molar-refractivity contribution >= 4 is 11.6 Å². The molecule has 5 heteroatoms. The van der Waals surface area contributed by atoms with Crippen molar-refractivity contribution in [2.45, 2.75) is 12.8 Å². The van der Waals surface area contributed by atoms with Crippen LogP contribution in [0.2, 0.25) is 0 Å². The van der Waals surface area contributed by atoms with Crippen LogP contribution in [0.4, 0.5) is 4.39 Å². The Balaban J connectivity index is 2.30. The Kier molecular flexibility index (Phi) is 9.64. The summed E-state index contributed by atoms with van der Waals surface area (Å²) in [7, 11) is 1.63. The molecule has 0 saturated carbocycles. The average Bonchev–Trinajstić information content (AvgIpc) is 2.48. The van der Waals surface area contributed by atoms with E-state index in [1.54, 1.807) is 19.2 Å². The molecule has 0 radical (unpaired) electrons. The standard InChI is InChI=1S/C16H20ClFO3/c1-19-11-12-20-9-4-10-21-15-7-6-14(16(18)13-15)5-2-3-8-17/h6-7,13H,3-4,8-12H2,1H3. The molecule has 0 aromatic heterocycles. The van der Waals surface area contributed by atoms with E-state index in [1.165, 1.54) is 6.07 Å². The van der Waals surface area contributed by atoms with Crippen LogP contribution in [0.5, 0.6) is 5.75 Å². The van der Waals surface area contributed by atoms with Gasteiger partial charge in [-0.2, -0.15) is 0 Å². The largest absolute Gasteiger partial charge is 0.493 e. The molecule has 0 N–H and O–H groups in total. The minimum absolute atomic E-state index is 0.357. The first kappa shape index (κ1) is 17.8. The Bertz CT molecular complexity index is 468. The topological polar surface area (TPSA) is 27.7 Å². The van der Waals surface area contributed by atoms with Gasteiger partial charge in [-0.25, -0.2) is 4.39 Å². The molecule has 0 atom stereocenters. The first-order valence-corrected chi connectivity index (χ1v) is 7.35. The molecule has 116 valence electrons. The van der Waals surface area contributed by atoms with E-state index >= 15 is 0 Å². The molecule has 0 aliphatic carbocycles. The van der Waals surface area contributed by atoms with Crippen molar-refractivity contribution in [1.29, 1.82) is 0 Å². The fourth-order valence-corrected chi connectivity index (χ4v) is 1.58. The van der Waals surface area contributed by atoms with Crippen LogP contribution in [0.3, 0.4) is 0 Å². The van der Waals surface area contributed by atoms with E-state index in [-0.39, 0.29) is 5.82 Å². The lowest BCUT2D eigenvalue weighted by Gasteiger charge is -2.07. The van der Waals surface area contributed by atoms with Crippen LogP contribution >= 0.6 is 11.6 Å². The van der Waals surface area contributed by atoms with Crippen LogP contribution in [0.15, 0.2) is 18.2 Å². The predicted molar refractivity (Wildman–Crippen MR) is 81.4 cm³/mol. The second-order valence-electron chi connectivity index (χ2n) is 4.19. The van der Waals surface area contributed by atoms with Gasteiger partial charge in [-0.05, 0) is 12.1 Å². The molecule has 1 aromatic rings. The van der Waals surface area contributed by atoms with Gasteiger partial charge in [0, 0.05) is 38.5 Å². The van der Waals surface area contributed by atoms with Gasteiger partial charge in [0.05, 0.1) is 25.4 Å². The zero-order valence-corrected chi connectivity index (χ0v) is 12.9. The molecule has 0 aliphatic rings. The molecule has 0 spiro atoms. The van der Waals surface area contributed by atoms with Crippen LogP contribution in [-0.4, -0.2) is 39.4 Å². The second kappa shape index (κ2) is 11.4. The molecule has 1 aromatic carbocycles. The number of hydrogen-bond donors (Lipinski definition) is 0. The summed E-state index contributed by atoms with van der Waals surface area (Å²) in [6, 6.07) is 4.66. The summed E-state index contributed by atoms with van der Waals surface area (Å²) < 4.78 is 29.4. The Morgan fingerprint density at radius 1 is 1.19 bits per heavy atom. The van der Waals surface area contributed by atoms with Crippen molar-refractivity contribution in [3.05, 3.63) is 29.6 Å². The van der Waals surface area contributed by atoms with E-state index in [2.05, 4.69) is 11.8 Å². The summed E-state index contributed by atoms with van der Waals surface area (Å²) in [5.74, 6) is 6.10. The summed E-state index contributed by atoms with van der Waals surface area (Å²) in [4.78, 5) is 0. The fourth-order valence-electron chi connectivity index (χ4n) is 1.49. The van der Waals surface area contributed by atoms with E-state index in [9.17, 15) is 4.39 Å². The molecule has 1 rings (SSSR count). The van der Waals surface area contributed by atoms with E-state index in [0.29, 0.717) is 50.0 Å². The molecule has 0 heterocycles. The number of alkyl halides is 1. The molecule has 0 aliphatic heterocycles. The number of rotatable bonds is 9. The fraction of sp³-hybridized carbons (Fsp3) is 0.500. The highest BCUT2D eigenvalue weighted by molar-refractivity contribution is 6.18. The van der Waals surface area contributed by atoms with Gasteiger partial charge in [-0.15, -0.1) is 11.6 Å². The van der Waals surface area contributed by atoms with Crippen molar-refractivity contribution < 1.29 is 18.6 Å². The van der Waals surface area contributed by atoms with Crippen LogP contribution < -0.4 is 4.74 Å². The third kappa shape index (κ3) is 7.91. The molecule has 0 saturated heterocycles. The second-order valence-corrected chi connectivity index (χ2v) is 4.57. The third-order valence-electron chi connectivity index (χ3n) is 2.52. The van der Waals surface area contributed by atoms with Crippen molar-refractivity contribution in [1.82, 2.24) is 0 Å². The molecule has 0 fully saturated rings. The highest BCUT2D eigenvalue weighted by Crippen LogP contribution is 2.16. The Morgan fingerprint density at radius 3 is 2.76 bits per heavy atom. The predicted octanol–water partition coefficient (Wildman–Crippen LogP) is 3.24. The minimum Gasteiger partial charge on any atom is -0.493 e. The molecular formula is C16H20ClFO3. The number of benzene rings is 1. The normalized spacial score (nSPS) is 10.0. The van der Waals surface area contributed by atoms with Gasteiger partial charge in [-0.3, -0.25) is 0 Å². The van der Waals surface area contributed by atoms with Crippen LogP contribution in [-0.2, 0) is 9.47 Å². The molecule has 0 unspecified atom stereocenters. The van der Waals surface area contributed by atoms with Crippen molar-refractivity contribution in [2.24, 2.45) is 0 Å². The van der Waals surface area contributed by atoms with Crippen molar-refractivity contribution in [3.8, 4) is 17.6 Å². The third-order valence-corrected chi connectivity index (χ3v) is 2.71. The summed E-state index contributed by atoms with van der Waals surface area (Å²) in [5.41, 5.74) is 0.357. The highest BCUT2D eigenvalue weighted by Gasteiger charge is 2.02. The van der Waals surface area contributed by atoms with Crippen LogP contribution in [0, 0.1) is 17.7 Å². The summed E-state index contributed by atoms with van der Waals surface area (Å²) >= 11 is 5.51. The lowest BCUT2D eigenvalue weighted by molar-refractivity contribution is 0.0644. The van der Waals surface area contributed by atoms with Gasteiger partial charge >= 0.3 is 0 Å². The van der Waals surface area contributed by atoms with Gasteiger partial charge in [0.2, 0.25) is 0 Å². The minimum atomic E-state index is -0.383. The number of halogens is 2. The van der Waals surface area contributed by atoms with E-state index in [1.807, 2.05) is 0 Å². The molecule has 3 nitrogen and oxygen atoms in total. The zero-order valence-electron chi connectivity index (χ0n) is 12.2. The maximum atomic E-state index is 13.7. The number of methoxy groups -OCH3 is 1. The maximum Gasteiger partial charge on any atom is 0.142 e. The zero-order chi connectivity index (χ0) is 15.3. The average molecular weight is 315 g/mol. The quantitative estimate of drug-likeness (QED) is 0.398. The van der Waals surface area contributed by atoms with Crippen LogP contribution in [0.25, 0.3) is 0 Å². The Hall–Kier alpha value is -1.28. The highest BCUT2D eigenvalue weighted by atomic mass is 35.5. The molecule has 21 heavy (non-hydrogen) atoms. The van der Waals surface area contributed by atoms with Crippen molar-refractivity contribution in [3.63, 3.8) is 0 Å². The first-order valence-electron chi connectivity index (χ1n) is 6.81. The first-order chi connectivity index (χ1) is 10.3. The van der Waals surface area contributed by atoms with E-state index in [0.717, 1.165) is 6.42 Å². The van der Waals surface area contributed by atoms with Gasteiger partial charge in [0.25, 0.3) is 0 Å². The van der Waals surface area contributed by atoms with Gasteiger partial charge in [-0.1, -0.05) is 11.8 Å². The van der Waals surface area contributed by atoms with Gasteiger partial charge < -0.3 is 14.2 Å².